The molecule has 21 heavy (non-hydrogen) atoms. The summed E-state index contributed by atoms with van der Waals surface area (Å²) < 4.78 is 5.76. The number of nitrogens with one attached hydrogen (secondary N) is 1. The van der Waals surface area contributed by atoms with Crippen molar-refractivity contribution in [1.82, 2.24) is 10.3 Å². The van der Waals surface area contributed by atoms with E-state index in [-0.39, 0.29) is 5.91 Å². The Balaban J connectivity index is 1.64. The maximum Gasteiger partial charge on any atom is 0.252 e. The minimum atomic E-state index is -0.0753. The van der Waals surface area contributed by atoms with Crippen molar-refractivity contribution in [3.8, 4) is 0 Å². The van der Waals surface area contributed by atoms with Crippen LogP contribution >= 0.6 is 0 Å². The van der Waals surface area contributed by atoms with Crippen LogP contribution in [-0.4, -0.2) is 44.2 Å². The second-order valence-corrected chi connectivity index (χ2v) is 5.69. The van der Waals surface area contributed by atoms with Gasteiger partial charge in [0.05, 0.1) is 11.7 Å². The molecule has 0 aliphatic heterocycles. The second kappa shape index (κ2) is 7.98. The predicted octanol–water partition coefficient (Wildman–Crippen LogP) is 2.23. The zero-order valence-corrected chi connectivity index (χ0v) is 13.0. The Hall–Kier alpha value is -1.62. The van der Waals surface area contributed by atoms with Crippen LogP contribution < -0.4 is 10.2 Å². The lowest BCUT2D eigenvalue weighted by Gasteiger charge is -2.12. The third-order valence-electron chi connectivity index (χ3n) is 3.73. The third-order valence-corrected chi connectivity index (χ3v) is 3.73. The largest absolute Gasteiger partial charge is 0.378 e. The molecule has 1 aliphatic rings. The van der Waals surface area contributed by atoms with E-state index in [0.29, 0.717) is 18.2 Å². The lowest BCUT2D eigenvalue weighted by molar-refractivity contribution is 0.0565. The summed E-state index contributed by atoms with van der Waals surface area (Å²) in [6.45, 7) is 1.36. The molecule has 1 aromatic heterocycles. The number of aromatic nitrogens is 1. The predicted molar refractivity (Wildman–Crippen MR) is 83.7 cm³/mol. The number of carbonyl (C=O) groups is 1. The second-order valence-electron chi connectivity index (χ2n) is 5.69. The summed E-state index contributed by atoms with van der Waals surface area (Å²) in [5.41, 5.74) is 0.595. The molecule has 0 saturated heterocycles. The van der Waals surface area contributed by atoms with E-state index in [1.165, 1.54) is 25.7 Å². The van der Waals surface area contributed by atoms with Crippen molar-refractivity contribution in [2.45, 2.75) is 38.2 Å². The van der Waals surface area contributed by atoms with Crippen LogP contribution in [0.15, 0.2) is 18.3 Å². The van der Waals surface area contributed by atoms with Crippen LogP contribution in [-0.2, 0) is 4.74 Å². The molecule has 0 aromatic carbocycles. The summed E-state index contributed by atoms with van der Waals surface area (Å²) in [7, 11) is 3.85. The standard InChI is InChI=1S/C16H25N3O2/c1-19(2)15-9-8-13(12-18-15)16(20)17-10-5-11-21-14-6-3-4-7-14/h8-9,12,14H,3-7,10-11H2,1-2H3,(H,17,20). The molecule has 1 aliphatic carbocycles. The SMILES string of the molecule is CN(C)c1ccc(C(=O)NCCCOC2CCCC2)cn1. The number of carbonyl (C=O) groups excluding carboxylic acids is 1. The molecule has 1 saturated carbocycles. The fraction of sp³-hybridized carbons (Fsp3) is 0.625. The van der Waals surface area contributed by atoms with E-state index in [9.17, 15) is 4.79 Å². The molecule has 0 atom stereocenters. The molecular formula is C16H25N3O2. The summed E-state index contributed by atoms with van der Waals surface area (Å²) in [5, 5.41) is 2.90. The van der Waals surface area contributed by atoms with Crippen LogP contribution in [0.3, 0.4) is 0 Å². The third kappa shape index (κ3) is 5.01. The Morgan fingerprint density at radius 1 is 1.38 bits per heavy atom. The number of hydrogen-bond acceptors (Lipinski definition) is 4. The maximum atomic E-state index is 11.9. The zero-order chi connectivity index (χ0) is 15.1. The van der Waals surface area contributed by atoms with Crippen LogP contribution in [0.5, 0.6) is 0 Å². The van der Waals surface area contributed by atoms with Crippen molar-refractivity contribution >= 4 is 11.7 Å². The van der Waals surface area contributed by atoms with Crippen molar-refractivity contribution in [3.05, 3.63) is 23.9 Å². The summed E-state index contributed by atoms with van der Waals surface area (Å²) in [6.07, 6.45) is 7.87. The lowest BCUT2D eigenvalue weighted by Crippen LogP contribution is -2.26. The summed E-state index contributed by atoms with van der Waals surface area (Å²) in [4.78, 5) is 18.1. The highest BCUT2D eigenvalue weighted by Gasteiger charge is 2.14. The van der Waals surface area contributed by atoms with Gasteiger partial charge in [-0.1, -0.05) is 12.8 Å². The molecule has 1 aromatic rings. The molecule has 1 N–H and O–H groups in total. The first-order valence-corrected chi connectivity index (χ1v) is 7.70. The average molecular weight is 291 g/mol. The van der Waals surface area contributed by atoms with E-state index in [2.05, 4.69) is 10.3 Å². The van der Waals surface area contributed by atoms with E-state index in [1.807, 2.05) is 25.1 Å². The van der Waals surface area contributed by atoms with Gasteiger partial charge in [0.25, 0.3) is 5.91 Å². The summed E-state index contributed by atoms with van der Waals surface area (Å²) in [6, 6.07) is 3.64. The molecule has 1 fully saturated rings. The van der Waals surface area contributed by atoms with Gasteiger partial charge in [0.15, 0.2) is 0 Å². The first-order valence-electron chi connectivity index (χ1n) is 7.70. The number of anilines is 1. The van der Waals surface area contributed by atoms with Gasteiger partial charge in [-0.15, -0.1) is 0 Å². The van der Waals surface area contributed by atoms with Gasteiger partial charge in [-0.2, -0.15) is 0 Å². The normalized spacial score (nSPS) is 15.1. The van der Waals surface area contributed by atoms with Gasteiger partial charge in [0, 0.05) is 33.4 Å². The van der Waals surface area contributed by atoms with Crippen LogP contribution in [0, 0.1) is 0 Å². The van der Waals surface area contributed by atoms with E-state index in [4.69, 9.17) is 4.74 Å². The summed E-state index contributed by atoms with van der Waals surface area (Å²) >= 11 is 0. The molecule has 1 heterocycles. The number of nitrogens with zero attached hydrogens (tertiary/aromatic N) is 2. The maximum absolute atomic E-state index is 11.9. The van der Waals surface area contributed by atoms with Crippen LogP contribution in [0.2, 0.25) is 0 Å². The van der Waals surface area contributed by atoms with Crippen molar-refractivity contribution in [1.29, 1.82) is 0 Å². The highest BCUT2D eigenvalue weighted by Crippen LogP contribution is 2.20. The topological polar surface area (TPSA) is 54.5 Å². The molecule has 1 amide bonds. The Kier molecular flexibility index (Phi) is 5.99. The van der Waals surface area contributed by atoms with Crippen molar-refractivity contribution < 1.29 is 9.53 Å². The summed E-state index contributed by atoms with van der Waals surface area (Å²) in [5.74, 6) is 0.769. The van der Waals surface area contributed by atoms with Crippen LogP contribution in [0.4, 0.5) is 5.82 Å². The monoisotopic (exact) mass is 291 g/mol. The molecule has 5 heteroatoms. The number of hydrogen-bond donors (Lipinski definition) is 1. The van der Waals surface area contributed by atoms with E-state index < -0.39 is 0 Å². The van der Waals surface area contributed by atoms with E-state index in [1.54, 1.807) is 12.3 Å². The van der Waals surface area contributed by atoms with Crippen LogP contribution in [0.25, 0.3) is 0 Å². The number of pyridine rings is 1. The minimum Gasteiger partial charge on any atom is -0.378 e. The van der Waals surface area contributed by atoms with Gasteiger partial charge in [-0.05, 0) is 31.4 Å². The van der Waals surface area contributed by atoms with Gasteiger partial charge in [0.2, 0.25) is 0 Å². The minimum absolute atomic E-state index is 0.0753. The Labute approximate surface area is 126 Å². The molecule has 116 valence electrons. The Bertz CT molecular complexity index is 439. The van der Waals surface area contributed by atoms with Gasteiger partial charge in [-0.3, -0.25) is 4.79 Å². The van der Waals surface area contributed by atoms with Crippen molar-refractivity contribution in [2.75, 3.05) is 32.1 Å². The van der Waals surface area contributed by atoms with E-state index >= 15 is 0 Å². The molecule has 5 nitrogen and oxygen atoms in total. The average Bonchev–Trinajstić information content (AvgIpc) is 3.00. The van der Waals surface area contributed by atoms with Gasteiger partial charge in [-0.25, -0.2) is 4.98 Å². The molecule has 0 radical (unpaired) electrons. The van der Waals surface area contributed by atoms with Crippen LogP contribution in [0.1, 0.15) is 42.5 Å². The smallest absolute Gasteiger partial charge is 0.252 e. The van der Waals surface area contributed by atoms with Gasteiger partial charge in [0.1, 0.15) is 5.82 Å². The zero-order valence-electron chi connectivity index (χ0n) is 13.0. The van der Waals surface area contributed by atoms with Crippen molar-refractivity contribution in [2.24, 2.45) is 0 Å². The quantitative estimate of drug-likeness (QED) is 0.783. The van der Waals surface area contributed by atoms with Gasteiger partial charge < -0.3 is 15.0 Å². The molecule has 0 spiro atoms. The number of amides is 1. The molecule has 2 rings (SSSR count). The highest BCUT2D eigenvalue weighted by molar-refractivity contribution is 5.94. The first-order chi connectivity index (χ1) is 10.2. The van der Waals surface area contributed by atoms with Gasteiger partial charge >= 0.3 is 0 Å². The molecular weight excluding hydrogens is 266 g/mol. The lowest BCUT2D eigenvalue weighted by atomic mass is 10.2. The number of ether oxygens (including phenoxy) is 1. The highest BCUT2D eigenvalue weighted by atomic mass is 16.5. The van der Waals surface area contributed by atoms with E-state index in [0.717, 1.165) is 18.8 Å². The Morgan fingerprint density at radius 3 is 2.76 bits per heavy atom. The molecule has 0 unspecified atom stereocenters. The van der Waals surface area contributed by atoms with Crippen molar-refractivity contribution in [3.63, 3.8) is 0 Å². The number of rotatable bonds is 7. The fourth-order valence-electron chi connectivity index (χ4n) is 2.47. The fourth-order valence-corrected chi connectivity index (χ4v) is 2.47. The Morgan fingerprint density at radius 2 is 2.14 bits per heavy atom. The first kappa shape index (κ1) is 15.8. The molecule has 0 bridgehead atoms.